The third-order valence-corrected chi connectivity index (χ3v) is 4.45. The number of benzene rings is 2. The number of anilines is 2. The first-order valence-electron chi connectivity index (χ1n) is 9.75. The molecular weight excluding hydrogens is 441 g/mol. The summed E-state index contributed by atoms with van der Waals surface area (Å²) < 4.78 is 51.8. The number of methoxy groups -OCH3 is 1. The summed E-state index contributed by atoms with van der Waals surface area (Å²) in [5, 5.41) is 8.65. The maximum absolute atomic E-state index is 13.8. The lowest BCUT2D eigenvalue weighted by Crippen LogP contribution is -2.21. The molecule has 0 fully saturated rings. The Morgan fingerprint density at radius 1 is 1.03 bits per heavy atom. The Bertz CT molecular complexity index is 1130. The summed E-state index contributed by atoms with van der Waals surface area (Å²) in [4.78, 5) is 24.4. The number of carbonyl (C=O) groups excluding carboxylic acids is 2. The molecule has 0 unspecified atom stereocenters. The van der Waals surface area contributed by atoms with Crippen molar-refractivity contribution >= 4 is 23.4 Å². The SMILES string of the molecule is COCCOC(=O)Nc1cccc(NC(=O)c2cnn(-c3ccc(C)cc3)c2C(F)(F)F)c1. The molecule has 33 heavy (non-hydrogen) atoms. The highest BCUT2D eigenvalue weighted by Crippen LogP contribution is 2.34. The van der Waals surface area contributed by atoms with E-state index < -0.39 is 29.4 Å². The molecule has 0 saturated carbocycles. The molecule has 1 heterocycles. The van der Waals surface area contributed by atoms with Crippen LogP contribution in [0.15, 0.2) is 54.7 Å². The Morgan fingerprint density at radius 2 is 1.70 bits per heavy atom. The number of aromatic nitrogens is 2. The molecule has 0 saturated heterocycles. The van der Waals surface area contributed by atoms with E-state index in [1.807, 2.05) is 0 Å². The van der Waals surface area contributed by atoms with Crippen LogP contribution in [0.3, 0.4) is 0 Å². The van der Waals surface area contributed by atoms with Crippen LogP contribution in [0.25, 0.3) is 5.69 Å². The lowest BCUT2D eigenvalue weighted by Gasteiger charge is -2.13. The van der Waals surface area contributed by atoms with Crippen molar-refractivity contribution in [2.45, 2.75) is 13.1 Å². The fourth-order valence-corrected chi connectivity index (χ4v) is 2.91. The van der Waals surface area contributed by atoms with Gasteiger partial charge in [0.05, 0.1) is 24.1 Å². The highest BCUT2D eigenvalue weighted by molar-refractivity contribution is 6.05. The smallest absolute Gasteiger partial charge is 0.434 e. The minimum absolute atomic E-state index is 0.0456. The second-order valence-corrected chi connectivity index (χ2v) is 6.94. The van der Waals surface area contributed by atoms with Crippen molar-refractivity contribution in [2.75, 3.05) is 31.0 Å². The molecule has 8 nitrogen and oxygen atoms in total. The van der Waals surface area contributed by atoms with Gasteiger partial charge in [0.15, 0.2) is 5.69 Å². The number of hydrogen-bond donors (Lipinski definition) is 2. The second kappa shape index (κ2) is 10.2. The fourth-order valence-electron chi connectivity index (χ4n) is 2.91. The predicted molar refractivity (Wildman–Crippen MR) is 115 cm³/mol. The van der Waals surface area contributed by atoms with Gasteiger partial charge in [0.1, 0.15) is 6.61 Å². The van der Waals surface area contributed by atoms with Crippen molar-refractivity contribution < 1.29 is 32.2 Å². The molecule has 0 radical (unpaired) electrons. The highest BCUT2D eigenvalue weighted by atomic mass is 19.4. The van der Waals surface area contributed by atoms with Crippen LogP contribution in [0.4, 0.5) is 29.3 Å². The van der Waals surface area contributed by atoms with Crippen LogP contribution in [0.2, 0.25) is 0 Å². The van der Waals surface area contributed by atoms with Gasteiger partial charge < -0.3 is 14.8 Å². The summed E-state index contributed by atoms with van der Waals surface area (Å²) in [6.45, 7) is 2.07. The maximum atomic E-state index is 13.8. The molecular formula is C22H21F3N4O4. The summed E-state index contributed by atoms with van der Waals surface area (Å²) in [5.74, 6) is -1.000. The monoisotopic (exact) mass is 462 g/mol. The maximum Gasteiger partial charge on any atom is 0.434 e. The van der Waals surface area contributed by atoms with E-state index in [-0.39, 0.29) is 30.3 Å². The van der Waals surface area contributed by atoms with Crippen molar-refractivity contribution in [3.05, 3.63) is 71.5 Å². The molecule has 3 aromatic rings. The van der Waals surface area contributed by atoms with Crippen LogP contribution >= 0.6 is 0 Å². The molecule has 3 rings (SSSR count). The number of nitrogens with one attached hydrogen (secondary N) is 2. The van der Waals surface area contributed by atoms with E-state index in [9.17, 15) is 22.8 Å². The number of carbonyl (C=O) groups is 2. The number of amides is 2. The van der Waals surface area contributed by atoms with Crippen molar-refractivity contribution in [1.29, 1.82) is 0 Å². The van der Waals surface area contributed by atoms with Crippen molar-refractivity contribution in [1.82, 2.24) is 9.78 Å². The quantitative estimate of drug-likeness (QED) is 0.499. The van der Waals surface area contributed by atoms with Gasteiger partial charge in [-0.05, 0) is 37.3 Å². The second-order valence-electron chi connectivity index (χ2n) is 6.94. The molecule has 1 aromatic heterocycles. The van der Waals surface area contributed by atoms with E-state index in [1.54, 1.807) is 19.1 Å². The third kappa shape index (κ3) is 6.10. The van der Waals surface area contributed by atoms with Gasteiger partial charge in [-0.2, -0.15) is 18.3 Å². The van der Waals surface area contributed by atoms with Gasteiger partial charge in [-0.1, -0.05) is 23.8 Å². The van der Waals surface area contributed by atoms with E-state index in [4.69, 9.17) is 9.47 Å². The molecule has 0 aliphatic rings. The number of nitrogens with zero attached hydrogens (tertiary/aromatic N) is 2. The zero-order chi connectivity index (χ0) is 24.0. The molecule has 0 atom stereocenters. The molecule has 2 aromatic carbocycles. The van der Waals surface area contributed by atoms with Crippen LogP contribution < -0.4 is 10.6 Å². The van der Waals surface area contributed by atoms with Crippen LogP contribution in [0, 0.1) is 6.92 Å². The molecule has 11 heteroatoms. The summed E-state index contributed by atoms with van der Waals surface area (Å²) in [6.07, 6.45) is -4.70. The number of alkyl halides is 3. The standard InChI is InChI=1S/C22H21F3N4O4/c1-14-6-8-17(9-7-14)29-19(22(23,24)25)18(13-26-29)20(30)27-15-4-3-5-16(12-15)28-21(31)33-11-10-32-2/h3-9,12-13H,10-11H2,1-2H3,(H,27,30)(H,28,31). The molecule has 0 aliphatic carbocycles. The normalized spacial score (nSPS) is 11.2. The van der Waals surface area contributed by atoms with Crippen LogP contribution in [-0.4, -0.2) is 42.1 Å². The van der Waals surface area contributed by atoms with Gasteiger partial charge >= 0.3 is 12.3 Å². The van der Waals surface area contributed by atoms with E-state index in [0.29, 0.717) is 4.68 Å². The van der Waals surface area contributed by atoms with E-state index in [2.05, 4.69) is 15.7 Å². The first-order valence-corrected chi connectivity index (χ1v) is 9.75. The molecule has 0 aliphatic heterocycles. The summed E-state index contributed by atoms with van der Waals surface area (Å²) >= 11 is 0. The highest BCUT2D eigenvalue weighted by Gasteiger charge is 2.40. The van der Waals surface area contributed by atoms with Gasteiger partial charge in [-0.15, -0.1) is 0 Å². The number of ether oxygens (including phenoxy) is 2. The Morgan fingerprint density at radius 3 is 2.33 bits per heavy atom. The summed E-state index contributed by atoms with van der Waals surface area (Å²) in [6, 6.07) is 12.2. The lowest BCUT2D eigenvalue weighted by molar-refractivity contribution is -0.143. The zero-order valence-electron chi connectivity index (χ0n) is 17.8. The zero-order valence-corrected chi connectivity index (χ0v) is 17.8. The molecule has 0 bridgehead atoms. The van der Waals surface area contributed by atoms with Crippen LogP contribution in [-0.2, 0) is 15.7 Å². The Balaban J connectivity index is 1.81. The van der Waals surface area contributed by atoms with E-state index in [1.165, 1.54) is 43.5 Å². The molecule has 2 N–H and O–H groups in total. The minimum Gasteiger partial charge on any atom is -0.447 e. The van der Waals surface area contributed by atoms with Crippen molar-refractivity contribution in [3.8, 4) is 5.69 Å². The van der Waals surface area contributed by atoms with Gasteiger partial charge in [0.25, 0.3) is 5.91 Å². The van der Waals surface area contributed by atoms with Crippen molar-refractivity contribution in [3.63, 3.8) is 0 Å². The molecule has 174 valence electrons. The average Bonchev–Trinajstić information content (AvgIpc) is 3.21. The Hall–Kier alpha value is -3.86. The minimum atomic E-state index is -4.83. The van der Waals surface area contributed by atoms with Gasteiger partial charge in [-0.25, -0.2) is 9.48 Å². The van der Waals surface area contributed by atoms with Gasteiger partial charge in [0, 0.05) is 18.5 Å². The number of rotatable bonds is 7. The fraction of sp³-hybridized carbons (Fsp3) is 0.227. The number of halogens is 3. The first kappa shape index (κ1) is 23.8. The van der Waals surface area contributed by atoms with Gasteiger partial charge in [-0.3, -0.25) is 10.1 Å². The molecule has 2 amide bonds. The first-order chi connectivity index (χ1) is 15.7. The largest absolute Gasteiger partial charge is 0.447 e. The van der Waals surface area contributed by atoms with E-state index >= 15 is 0 Å². The van der Waals surface area contributed by atoms with Crippen LogP contribution in [0.5, 0.6) is 0 Å². The third-order valence-electron chi connectivity index (χ3n) is 4.45. The van der Waals surface area contributed by atoms with Crippen LogP contribution in [0.1, 0.15) is 21.6 Å². The predicted octanol–water partition coefficient (Wildman–Crippen LogP) is 4.65. The van der Waals surface area contributed by atoms with Gasteiger partial charge in [0.2, 0.25) is 0 Å². The number of hydrogen-bond acceptors (Lipinski definition) is 5. The summed E-state index contributed by atoms with van der Waals surface area (Å²) in [7, 11) is 1.46. The average molecular weight is 462 g/mol. The topological polar surface area (TPSA) is 94.5 Å². The van der Waals surface area contributed by atoms with E-state index in [0.717, 1.165) is 11.8 Å². The Labute approximate surface area is 187 Å². The molecule has 0 spiro atoms. The summed E-state index contributed by atoms with van der Waals surface area (Å²) in [5.41, 5.74) is -0.341. The Kier molecular flexibility index (Phi) is 7.34. The van der Waals surface area contributed by atoms with Crippen molar-refractivity contribution in [2.24, 2.45) is 0 Å². The lowest BCUT2D eigenvalue weighted by atomic mass is 10.2. The number of aryl methyl sites for hydroxylation is 1.